The molecule has 3 heteroatoms. The van der Waals surface area contributed by atoms with E-state index in [1.54, 1.807) is 11.3 Å². The van der Waals surface area contributed by atoms with Crippen LogP contribution in [0.4, 0.5) is 0 Å². The molecule has 0 aliphatic carbocycles. The number of nitriles is 1. The second-order valence-corrected chi connectivity index (χ2v) is 2.97. The van der Waals surface area contributed by atoms with E-state index in [0.29, 0.717) is 0 Å². The number of rotatable bonds is 2. The molecule has 10 heavy (non-hydrogen) atoms. The Labute approximate surface area is 64.1 Å². The largest absolute Gasteiger partial charge is 0.316 e. The van der Waals surface area contributed by atoms with Crippen molar-refractivity contribution < 1.29 is 0 Å². The van der Waals surface area contributed by atoms with Gasteiger partial charge in [0.15, 0.2) is 6.19 Å². The molecule has 0 amide bonds. The SMILES string of the molecule is C[C@H](NC#N)c1cccs1. The van der Waals surface area contributed by atoms with Crippen LogP contribution in [0.5, 0.6) is 0 Å². The topological polar surface area (TPSA) is 35.8 Å². The van der Waals surface area contributed by atoms with Gasteiger partial charge in [0.25, 0.3) is 0 Å². The lowest BCUT2D eigenvalue weighted by molar-refractivity contribution is 0.711. The van der Waals surface area contributed by atoms with Gasteiger partial charge in [0.2, 0.25) is 0 Å². The normalized spacial score (nSPS) is 12.0. The summed E-state index contributed by atoms with van der Waals surface area (Å²) in [4.78, 5) is 1.20. The van der Waals surface area contributed by atoms with Crippen molar-refractivity contribution in [3.63, 3.8) is 0 Å². The summed E-state index contributed by atoms with van der Waals surface area (Å²) in [6, 6.07) is 4.15. The van der Waals surface area contributed by atoms with Crippen LogP contribution >= 0.6 is 11.3 Å². The van der Waals surface area contributed by atoms with Gasteiger partial charge in [-0.25, -0.2) is 0 Å². The second kappa shape index (κ2) is 3.23. The highest BCUT2D eigenvalue weighted by molar-refractivity contribution is 7.10. The van der Waals surface area contributed by atoms with Crippen molar-refractivity contribution in [2.75, 3.05) is 0 Å². The summed E-state index contributed by atoms with van der Waals surface area (Å²) in [5, 5.41) is 12.9. The first-order chi connectivity index (χ1) is 4.84. The number of nitrogens with zero attached hydrogens (tertiary/aromatic N) is 1. The average molecular weight is 152 g/mol. The van der Waals surface area contributed by atoms with E-state index in [2.05, 4.69) is 5.32 Å². The maximum absolute atomic E-state index is 8.28. The molecular formula is C7H8N2S. The minimum absolute atomic E-state index is 0.157. The highest BCUT2D eigenvalue weighted by atomic mass is 32.1. The summed E-state index contributed by atoms with van der Waals surface area (Å²) in [5.41, 5.74) is 0. The molecule has 0 aromatic carbocycles. The van der Waals surface area contributed by atoms with Gasteiger partial charge in [-0.05, 0) is 18.4 Å². The van der Waals surface area contributed by atoms with Crippen LogP contribution in [0.3, 0.4) is 0 Å². The molecule has 1 aromatic heterocycles. The summed E-state index contributed by atoms with van der Waals surface area (Å²) in [7, 11) is 0. The Morgan fingerprint density at radius 3 is 3.10 bits per heavy atom. The van der Waals surface area contributed by atoms with Gasteiger partial charge in [0.1, 0.15) is 0 Å². The maximum atomic E-state index is 8.28. The molecule has 2 nitrogen and oxygen atoms in total. The summed E-state index contributed by atoms with van der Waals surface area (Å²) in [6.07, 6.45) is 1.91. The average Bonchev–Trinajstić information content (AvgIpc) is 2.38. The van der Waals surface area contributed by atoms with Crippen molar-refractivity contribution >= 4 is 11.3 Å². The highest BCUT2D eigenvalue weighted by Crippen LogP contribution is 2.17. The molecule has 52 valence electrons. The summed E-state index contributed by atoms with van der Waals surface area (Å²) >= 11 is 1.66. The minimum atomic E-state index is 0.157. The number of hydrogen-bond acceptors (Lipinski definition) is 3. The van der Waals surface area contributed by atoms with Gasteiger partial charge < -0.3 is 5.32 Å². The number of hydrogen-bond donors (Lipinski definition) is 1. The third-order valence-electron chi connectivity index (χ3n) is 1.25. The molecule has 0 unspecified atom stereocenters. The smallest absolute Gasteiger partial charge is 0.177 e. The Balaban J connectivity index is 2.61. The van der Waals surface area contributed by atoms with E-state index in [0.717, 1.165) is 0 Å². The zero-order valence-corrected chi connectivity index (χ0v) is 6.48. The highest BCUT2D eigenvalue weighted by Gasteiger charge is 2.02. The van der Waals surface area contributed by atoms with Crippen molar-refractivity contribution in [3.8, 4) is 6.19 Å². The molecule has 0 saturated carbocycles. The third-order valence-corrected chi connectivity index (χ3v) is 2.31. The quantitative estimate of drug-likeness (QED) is 0.518. The minimum Gasteiger partial charge on any atom is -0.316 e. The van der Waals surface area contributed by atoms with Gasteiger partial charge >= 0.3 is 0 Å². The Morgan fingerprint density at radius 2 is 2.60 bits per heavy atom. The molecule has 0 spiro atoms. The van der Waals surface area contributed by atoms with Gasteiger partial charge in [0.05, 0.1) is 6.04 Å². The van der Waals surface area contributed by atoms with E-state index in [1.165, 1.54) is 4.88 Å². The predicted molar refractivity (Wildman–Crippen MR) is 41.5 cm³/mol. The summed E-state index contributed by atoms with van der Waals surface area (Å²) in [5.74, 6) is 0. The lowest BCUT2D eigenvalue weighted by Crippen LogP contribution is -2.09. The molecule has 0 aliphatic rings. The van der Waals surface area contributed by atoms with Crippen LogP contribution in [-0.2, 0) is 0 Å². The van der Waals surface area contributed by atoms with Crippen LogP contribution in [0.2, 0.25) is 0 Å². The van der Waals surface area contributed by atoms with Crippen LogP contribution in [0, 0.1) is 11.5 Å². The summed E-state index contributed by atoms with van der Waals surface area (Å²) in [6.45, 7) is 1.97. The molecule has 1 heterocycles. The zero-order chi connectivity index (χ0) is 7.40. The van der Waals surface area contributed by atoms with Crippen molar-refractivity contribution in [2.24, 2.45) is 0 Å². The van der Waals surface area contributed by atoms with Crippen LogP contribution in [0.1, 0.15) is 17.8 Å². The molecule has 0 aliphatic heterocycles. The van der Waals surface area contributed by atoms with Gasteiger partial charge in [-0.1, -0.05) is 6.07 Å². The lowest BCUT2D eigenvalue weighted by atomic mass is 10.3. The first-order valence-electron chi connectivity index (χ1n) is 3.02. The summed E-state index contributed by atoms with van der Waals surface area (Å²) < 4.78 is 0. The maximum Gasteiger partial charge on any atom is 0.177 e. The number of nitrogens with one attached hydrogen (secondary N) is 1. The zero-order valence-electron chi connectivity index (χ0n) is 5.66. The molecule has 1 aromatic rings. The van der Waals surface area contributed by atoms with Crippen LogP contribution in [0.15, 0.2) is 17.5 Å². The molecular weight excluding hydrogens is 144 g/mol. The van der Waals surface area contributed by atoms with Crippen LogP contribution < -0.4 is 5.32 Å². The molecule has 1 N–H and O–H groups in total. The number of thiophene rings is 1. The van der Waals surface area contributed by atoms with Gasteiger partial charge in [0, 0.05) is 4.88 Å². The molecule has 0 radical (unpaired) electrons. The van der Waals surface area contributed by atoms with Gasteiger partial charge in [-0.2, -0.15) is 5.26 Å². The molecule has 0 bridgehead atoms. The van der Waals surface area contributed by atoms with Crippen molar-refractivity contribution in [1.29, 1.82) is 5.26 Å². The predicted octanol–water partition coefficient (Wildman–Crippen LogP) is 1.88. The van der Waals surface area contributed by atoms with Gasteiger partial charge in [-0.15, -0.1) is 11.3 Å². The van der Waals surface area contributed by atoms with E-state index in [-0.39, 0.29) is 6.04 Å². The Morgan fingerprint density at radius 1 is 1.80 bits per heavy atom. The lowest BCUT2D eigenvalue weighted by Gasteiger charge is -2.03. The Kier molecular flexibility index (Phi) is 2.30. The second-order valence-electron chi connectivity index (χ2n) is 1.99. The van der Waals surface area contributed by atoms with E-state index >= 15 is 0 Å². The van der Waals surface area contributed by atoms with Crippen LogP contribution in [0.25, 0.3) is 0 Å². The van der Waals surface area contributed by atoms with E-state index in [1.807, 2.05) is 30.6 Å². The Bertz CT molecular complexity index is 222. The standard InChI is InChI=1S/C7H8N2S/c1-6(9-5-8)7-3-2-4-10-7/h2-4,6,9H,1H3/t6-/m0/s1. The van der Waals surface area contributed by atoms with Gasteiger partial charge in [-0.3, -0.25) is 0 Å². The Hall–Kier alpha value is -1.01. The van der Waals surface area contributed by atoms with E-state index < -0.39 is 0 Å². The molecule has 1 rings (SSSR count). The molecule has 0 saturated heterocycles. The van der Waals surface area contributed by atoms with E-state index in [9.17, 15) is 0 Å². The first kappa shape index (κ1) is 7.10. The molecule has 1 atom stereocenters. The fraction of sp³-hybridized carbons (Fsp3) is 0.286. The van der Waals surface area contributed by atoms with Crippen LogP contribution in [-0.4, -0.2) is 0 Å². The third kappa shape index (κ3) is 1.49. The first-order valence-corrected chi connectivity index (χ1v) is 3.90. The fourth-order valence-electron chi connectivity index (χ4n) is 0.706. The molecule has 0 fully saturated rings. The van der Waals surface area contributed by atoms with Crippen molar-refractivity contribution in [2.45, 2.75) is 13.0 Å². The van der Waals surface area contributed by atoms with Crippen molar-refractivity contribution in [3.05, 3.63) is 22.4 Å². The van der Waals surface area contributed by atoms with Crippen molar-refractivity contribution in [1.82, 2.24) is 5.32 Å². The van der Waals surface area contributed by atoms with E-state index in [4.69, 9.17) is 5.26 Å². The monoisotopic (exact) mass is 152 g/mol. The fourth-order valence-corrected chi connectivity index (χ4v) is 1.44.